The number of amides is 2. The third-order valence-electron chi connectivity index (χ3n) is 4.04. The molecule has 1 fully saturated rings. The molecule has 0 radical (unpaired) electrons. The highest BCUT2D eigenvalue weighted by atomic mass is 16.5. The first kappa shape index (κ1) is 16.1. The summed E-state index contributed by atoms with van der Waals surface area (Å²) in [6.07, 6.45) is 2.34. The number of nitrogens with one attached hydrogen (secondary N) is 2. The van der Waals surface area contributed by atoms with Crippen LogP contribution < -0.4 is 21.1 Å². The lowest BCUT2D eigenvalue weighted by Crippen LogP contribution is -2.52. The summed E-state index contributed by atoms with van der Waals surface area (Å²) in [4.78, 5) is 18.2. The van der Waals surface area contributed by atoms with Crippen LogP contribution >= 0.6 is 0 Å². The number of carbonyl (C=O) groups excluding carboxylic acids is 1. The monoisotopic (exact) mass is 327 g/mol. The molecule has 7 nitrogen and oxygen atoms in total. The molecule has 2 amide bonds. The normalized spacial score (nSPS) is 18.8. The number of ether oxygens (including phenoxy) is 1. The lowest BCUT2D eigenvalue weighted by atomic mass is 10.1. The Balaban J connectivity index is 0.00000169. The number of nitrogen functional groups attached to an aromatic ring is 1. The molecule has 4 N–H and O–H groups in total. The van der Waals surface area contributed by atoms with Crippen LogP contribution in [-0.2, 0) is 0 Å². The van der Waals surface area contributed by atoms with E-state index in [9.17, 15) is 4.79 Å². The van der Waals surface area contributed by atoms with Gasteiger partial charge in [-0.25, -0.2) is 9.78 Å². The van der Waals surface area contributed by atoms with Gasteiger partial charge in [0.1, 0.15) is 23.5 Å². The third-order valence-corrected chi connectivity index (χ3v) is 4.04. The Bertz CT molecular complexity index is 747. The molecule has 3 heterocycles. The van der Waals surface area contributed by atoms with Gasteiger partial charge in [-0.15, -0.1) is 0 Å². The Morgan fingerprint density at radius 3 is 2.83 bits per heavy atom. The van der Waals surface area contributed by atoms with Crippen LogP contribution in [0.1, 0.15) is 25.6 Å². The third kappa shape index (κ3) is 2.74. The first-order valence-electron chi connectivity index (χ1n) is 7.56. The summed E-state index contributed by atoms with van der Waals surface area (Å²) in [7, 11) is 0. The Morgan fingerprint density at radius 1 is 1.25 bits per heavy atom. The summed E-state index contributed by atoms with van der Waals surface area (Å²) >= 11 is 0. The number of nitrogens with two attached hydrogens (primary N) is 1. The van der Waals surface area contributed by atoms with Gasteiger partial charge in [0.25, 0.3) is 0 Å². The Labute approximate surface area is 140 Å². The van der Waals surface area contributed by atoms with Crippen LogP contribution in [-0.4, -0.2) is 29.0 Å². The van der Waals surface area contributed by atoms with Gasteiger partial charge in [0, 0.05) is 18.4 Å². The molecule has 1 aromatic heterocycles. The number of anilines is 2. The van der Waals surface area contributed by atoms with Gasteiger partial charge in [-0.1, -0.05) is 7.43 Å². The van der Waals surface area contributed by atoms with Crippen molar-refractivity contribution in [2.75, 3.05) is 24.1 Å². The summed E-state index contributed by atoms with van der Waals surface area (Å²) in [5.41, 5.74) is 7.24. The lowest BCUT2D eigenvalue weighted by molar-refractivity contribution is 0.146. The summed E-state index contributed by atoms with van der Waals surface area (Å²) in [6.45, 7) is 1.56. The zero-order valence-electron chi connectivity index (χ0n) is 12.5. The Kier molecular flexibility index (Phi) is 4.26. The van der Waals surface area contributed by atoms with E-state index in [1.807, 2.05) is 12.1 Å². The van der Waals surface area contributed by atoms with Crippen LogP contribution in [0.25, 0.3) is 0 Å². The van der Waals surface area contributed by atoms with Gasteiger partial charge in [0.05, 0.1) is 5.56 Å². The van der Waals surface area contributed by atoms with Gasteiger partial charge in [-0.3, -0.25) is 10.6 Å². The quantitative estimate of drug-likeness (QED) is 0.738. The number of aromatic nitrogens is 1. The van der Waals surface area contributed by atoms with E-state index in [1.165, 1.54) is 0 Å². The molecule has 0 saturated carbocycles. The van der Waals surface area contributed by atoms with Gasteiger partial charge in [-0.2, -0.15) is 0 Å². The first-order chi connectivity index (χ1) is 11.2. The number of carbonyl (C=O) groups is 1. The van der Waals surface area contributed by atoms with E-state index in [1.54, 1.807) is 29.3 Å². The molecule has 126 valence electrons. The van der Waals surface area contributed by atoms with Crippen molar-refractivity contribution in [3.63, 3.8) is 0 Å². The van der Waals surface area contributed by atoms with E-state index in [2.05, 4.69) is 15.6 Å². The van der Waals surface area contributed by atoms with Gasteiger partial charge >= 0.3 is 6.03 Å². The standard InChI is InChI=1S/C16H17N5O2.CH4/c17-10-2-4-11(5-3-10)23-12-6-8-18-14-13(12)15-19-7-1-9-21(15)16(22)20-14;/h2-6,8,15,19H,1,7,9,17H2,(H,18,20,22);1H4. The van der Waals surface area contributed by atoms with Crippen LogP contribution in [0, 0.1) is 0 Å². The number of nitrogens with zero attached hydrogens (tertiary/aromatic N) is 2. The SMILES string of the molecule is C.Nc1ccc(Oc2ccnc3c2C2NCCCN2C(=O)N3)cc1. The highest BCUT2D eigenvalue weighted by molar-refractivity contribution is 5.92. The maximum Gasteiger partial charge on any atom is 0.324 e. The van der Waals surface area contributed by atoms with Crippen molar-refractivity contribution in [2.45, 2.75) is 20.0 Å². The smallest absolute Gasteiger partial charge is 0.324 e. The molecular formula is C17H21N5O2. The molecule has 7 heteroatoms. The van der Waals surface area contributed by atoms with E-state index in [0.29, 0.717) is 29.5 Å². The number of hydrogen-bond donors (Lipinski definition) is 3. The Hall–Kier alpha value is -2.80. The van der Waals surface area contributed by atoms with Crippen molar-refractivity contribution in [2.24, 2.45) is 0 Å². The zero-order chi connectivity index (χ0) is 15.8. The van der Waals surface area contributed by atoms with Crippen LogP contribution in [0.3, 0.4) is 0 Å². The van der Waals surface area contributed by atoms with Crippen molar-refractivity contribution in [3.05, 3.63) is 42.1 Å². The topological polar surface area (TPSA) is 92.5 Å². The van der Waals surface area contributed by atoms with Crippen LogP contribution in [0.15, 0.2) is 36.5 Å². The highest BCUT2D eigenvalue weighted by Gasteiger charge is 2.37. The molecule has 0 bridgehead atoms. The number of pyridine rings is 1. The van der Waals surface area contributed by atoms with Crippen molar-refractivity contribution < 1.29 is 9.53 Å². The molecule has 0 spiro atoms. The molecule has 24 heavy (non-hydrogen) atoms. The number of hydrogen-bond acceptors (Lipinski definition) is 5. The minimum absolute atomic E-state index is 0. The largest absolute Gasteiger partial charge is 0.457 e. The second-order valence-corrected chi connectivity index (χ2v) is 5.58. The van der Waals surface area contributed by atoms with Gasteiger partial charge in [-0.05, 0) is 43.3 Å². The van der Waals surface area contributed by atoms with Crippen LogP contribution in [0.4, 0.5) is 16.3 Å². The van der Waals surface area contributed by atoms with E-state index in [0.717, 1.165) is 18.5 Å². The fraction of sp³-hybridized carbons (Fsp3) is 0.294. The molecule has 0 aliphatic carbocycles. The predicted molar refractivity (Wildman–Crippen MR) is 93.0 cm³/mol. The minimum Gasteiger partial charge on any atom is -0.457 e. The number of fused-ring (bicyclic) bond motifs is 3. The van der Waals surface area contributed by atoms with Crippen molar-refractivity contribution in [1.82, 2.24) is 15.2 Å². The number of benzene rings is 1. The first-order valence-corrected chi connectivity index (χ1v) is 7.56. The highest BCUT2D eigenvalue weighted by Crippen LogP contribution is 2.39. The van der Waals surface area contributed by atoms with E-state index < -0.39 is 0 Å². The molecule has 1 atom stereocenters. The number of rotatable bonds is 2. The van der Waals surface area contributed by atoms with Gasteiger partial charge in [0.15, 0.2) is 0 Å². The molecule has 1 aromatic carbocycles. The van der Waals surface area contributed by atoms with Crippen LogP contribution in [0.5, 0.6) is 11.5 Å². The summed E-state index contributed by atoms with van der Waals surface area (Å²) in [5, 5.41) is 6.20. The molecule has 1 unspecified atom stereocenters. The summed E-state index contributed by atoms with van der Waals surface area (Å²) in [5.74, 6) is 1.90. The van der Waals surface area contributed by atoms with E-state index in [-0.39, 0.29) is 19.6 Å². The van der Waals surface area contributed by atoms with Crippen LogP contribution in [0.2, 0.25) is 0 Å². The second-order valence-electron chi connectivity index (χ2n) is 5.58. The predicted octanol–water partition coefficient (Wildman–Crippen LogP) is 2.93. The number of urea groups is 1. The molecule has 2 aliphatic heterocycles. The summed E-state index contributed by atoms with van der Waals surface area (Å²) < 4.78 is 6.00. The Morgan fingerprint density at radius 2 is 2.04 bits per heavy atom. The van der Waals surface area contributed by atoms with E-state index in [4.69, 9.17) is 10.5 Å². The molecule has 2 aromatic rings. The molecule has 2 aliphatic rings. The fourth-order valence-electron chi connectivity index (χ4n) is 2.95. The molecule has 1 saturated heterocycles. The van der Waals surface area contributed by atoms with Gasteiger partial charge in [0.2, 0.25) is 0 Å². The average Bonchev–Trinajstić information content (AvgIpc) is 2.57. The van der Waals surface area contributed by atoms with Gasteiger partial charge < -0.3 is 15.4 Å². The average molecular weight is 327 g/mol. The van der Waals surface area contributed by atoms with Crippen molar-refractivity contribution in [3.8, 4) is 11.5 Å². The maximum absolute atomic E-state index is 12.2. The zero-order valence-corrected chi connectivity index (χ0v) is 12.5. The molecular weight excluding hydrogens is 306 g/mol. The molecule has 4 rings (SSSR count). The minimum atomic E-state index is -0.218. The maximum atomic E-state index is 12.2. The summed E-state index contributed by atoms with van der Waals surface area (Å²) in [6, 6.07) is 8.88. The fourth-order valence-corrected chi connectivity index (χ4v) is 2.95. The van der Waals surface area contributed by atoms with Crippen molar-refractivity contribution in [1.29, 1.82) is 0 Å². The van der Waals surface area contributed by atoms with Crippen molar-refractivity contribution >= 4 is 17.5 Å². The lowest BCUT2D eigenvalue weighted by Gasteiger charge is -2.40. The van der Waals surface area contributed by atoms with E-state index >= 15 is 0 Å². The second kappa shape index (κ2) is 6.37.